The number of nitrogens with zero attached hydrogens (tertiary/aromatic N) is 1. The second kappa shape index (κ2) is 18.8. The van der Waals surface area contributed by atoms with Gasteiger partial charge in [0.1, 0.15) is 18.0 Å². The summed E-state index contributed by atoms with van der Waals surface area (Å²) in [7, 11) is 1.98. The third-order valence-electron chi connectivity index (χ3n) is 10.0. The van der Waals surface area contributed by atoms with E-state index in [0.717, 1.165) is 34.0 Å². The summed E-state index contributed by atoms with van der Waals surface area (Å²) in [4.78, 5) is 39.1. The van der Waals surface area contributed by atoms with Crippen LogP contribution in [0.15, 0.2) is 91.3 Å². The number of hydrogen-bond donors (Lipinski definition) is 6. The molecule has 0 radical (unpaired) electrons. The maximum absolute atomic E-state index is 13.9. The van der Waals surface area contributed by atoms with Crippen LogP contribution in [0.25, 0.3) is 17.0 Å². The van der Waals surface area contributed by atoms with E-state index >= 15 is 0 Å². The predicted molar refractivity (Wildman–Crippen MR) is 208 cm³/mol. The van der Waals surface area contributed by atoms with E-state index in [-0.39, 0.29) is 23.6 Å². The van der Waals surface area contributed by atoms with Gasteiger partial charge < -0.3 is 40.2 Å². The number of carbonyl (C=O) groups excluding carboxylic acids is 3. The molecule has 1 saturated heterocycles. The second-order valence-corrected chi connectivity index (χ2v) is 14.0. The zero-order valence-electron chi connectivity index (χ0n) is 31.6. The number of aliphatic hydroxyl groups excluding tert-OH is 2. The van der Waals surface area contributed by atoms with Crippen molar-refractivity contribution in [1.29, 1.82) is 0 Å². The van der Waals surface area contributed by atoms with Gasteiger partial charge >= 0.3 is 0 Å². The zero-order valence-corrected chi connectivity index (χ0v) is 31.6. The molecule has 5 rings (SSSR count). The highest BCUT2D eigenvalue weighted by Crippen LogP contribution is 2.25. The number of rotatable bonds is 16. The van der Waals surface area contributed by atoms with Crippen LogP contribution in [0.2, 0.25) is 0 Å². The van der Waals surface area contributed by atoms with E-state index in [1.165, 1.54) is 6.92 Å². The summed E-state index contributed by atoms with van der Waals surface area (Å²) in [5, 5.41) is 34.2. The van der Waals surface area contributed by atoms with Crippen LogP contribution in [0.4, 0.5) is 0 Å². The van der Waals surface area contributed by atoms with Crippen molar-refractivity contribution in [2.24, 2.45) is 13.0 Å². The number of amides is 3. The van der Waals surface area contributed by atoms with Crippen LogP contribution < -0.4 is 26.0 Å². The Morgan fingerprint density at radius 3 is 2.37 bits per heavy atom. The Hall–Kier alpha value is -5.01. The highest BCUT2D eigenvalue weighted by Gasteiger charge is 2.44. The van der Waals surface area contributed by atoms with E-state index in [4.69, 9.17) is 9.47 Å². The molecule has 1 aliphatic heterocycles. The molecule has 1 fully saturated rings. The number of para-hydroxylation sites is 1. The average Bonchev–Trinajstić information content (AvgIpc) is 3.48. The predicted octanol–water partition coefficient (Wildman–Crippen LogP) is 3.59. The minimum Gasteiger partial charge on any atom is -0.462 e. The molecule has 0 spiro atoms. The van der Waals surface area contributed by atoms with Crippen LogP contribution in [-0.2, 0) is 39.0 Å². The van der Waals surface area contributed by atoms with Crippen molar-refractivity contribution in [1.82, 2.24) is 25.8 Å². The standard InChI is InChI=1S/C42H53N5O7/c1-6-26(2)36(41(52)44-23-20-29-12-8-7-9-13-29)46-34(24-31-25-47(5)35-15-11-10-14-33(31)35)40(51)43-22-21-30-16-18-32(19-17-30)54-42-39(50)38(49)37(27(3)53-42)45-28(4)48/h7-19,21-22,25-27,34,36-39,42,46,49-50H,6,20,23-24H2,1-5H3,(H,43,51)(H,44,52)(H,45,48). The highest BCUT2D eigenvalue weighted by molar-refractivity contribution is 5.88. The van der Waals surface area contributed by atoms with Crippen molar-refractivity contribution in [3.63, 3.8) is 0 Å². The van der Waals surface area contributed by atoms with Gasteiger partial charge in [-0.3, -0.25) is 19.7 Å². The van der Waals surface area contributed by atoms with Crippen molar-refractivity contribution in [2.45, 2.75) is 89.7 Å². The molecule has 8 unspecified atom stereocenters. The maximum atomic E-state index is 13.9. The van der Waals surface area contributed by atoms with Crippen molar-refractivity contribution < 1.29 is 34.1 Å². The van der Waals surface area contributed by atoms with Crippen LogP contribution in [-0.4, -0.2) is 81.8 Å². The number of aromatic nitrogens is 1. The molecule has 12 heteroatoms. The Labute approximate surface area is 316 Å². The monoisotopic (exact) mass is 739 g/mol. The molecule has 4 aromatic rings. The lowest BCUT2D eigenvalue weighted by molar-refractivity contribution is -0.242. The third kappa shape index (κ3) is 10.4. The normalized spacial score (nSPS) is 21.6. The Bertz CT molecular complexity index is 1880. The number of carbonyl (C=O) groups is 3. The number of benzene rings is 3. The largest absolute Gasteiger partial charge is 0.462 e. The maximum Gasteiger partial charge on any atom is 0.241 e. The number of aryl methyl sites for hydroxylation is 1. The minimum absolute atomic E-state index is 0.0361. The summed E-state index contributed by atoms with van der Waals surface area (Å²) in [5.41, 5.74) is 3.95. The van der Waals surface area contributed by atoms with Gasteiger partial charge in [-0.2, -0.15) is 0 Å². The Balaban J connectivity index is 1.26. The molecule has 3 aromatic carbocycles. The Morgan fingerprint density at radius 2 is 1.67 bits per heavy atom. The molecule has 12 nitrogen and oxygen atoms in total. The summed E-state index contributed by atoms with van der Waals surface area (Å²) in [5.74, 6) is -0.402. The molecule has 0 bridgehead atoms. The summed E-state index contributed by atoms with van der Waals surface area (Å²) in [6.07, 6.45) is 2.76. The van der Waals surface area contributed by atoms with Crippen molar-refractivity contribution in [3.05, 3.63) is 108 Å². The first kappa shape index (κ1) is 40.2. The number of ether oxygens (including phenoxy) is 2. The van der Waals surface area contributed by atoms with Crippen LogP contribution in [0.3, 0.4) is 0 Å². The fourth-order valence-electron chi connectivity index (χ4n) is 6.75. The molecule has 2 heterocycles. The van der Waals surface area contributed by atoms with E-state index in [9.17, 15) is 24.6 Å². The van der Waals surface area contributed by atoms with Crippen LogP contribution in [0, 0.1) is 5.92 Å². The molecule has 3 amide bonds. The smallest absolute Gasteiger partial charge is 0.241 e. The van der Waals surface area contributed by atoms with Gasteiger partial charge in [0.15, 0.2) is 0 Å². The Morgan fingerprint density at radius 1 is 0.963 bits per heavy atom. The van der Waals surface area contributed by atoms with Crippen LogP contribution in [0.5, 0.6) is 5.75 Å². The summed E-state index contributed by atoms with van der Waals surface area (Å²) in [6.45, 7) is 7.55. The Kier molecular flexibility index (Phi) is 14.0. The van der Waals surface area contributed by atoms with Gasteiger partial charge in [-0.1, -0.05) is 80.9 Å². The number of fused-ring (bicyclic) bond motifs is 1. The number of nitrogens with one attached hydrogen (secondary N) is 4. The fraction of sp³-hybridized carbons (Fsp3) is 0.405. The van der Waals surface area contributed by atoms with Gasteiger partial charge in [0.2, 0.25) is 24.0 Å². The SMILES string of the molecule is CCC(C)C(NC(Cc1cn(C)c2ccccc12)C(=O)NC=Cc1ccc(OC2OC(C)C(NC(C)=O)C(O)C2O)cc1)C(=O)NCCc1ccccc1. The molecule has 6 N–H and O–H groups in total. The van der Waals surface area contributed by atoms with Gasteiger partial charge in [0.05, 0.1) is 24.2 Å². The molecule has 8 atom stereocenters. The molecule has 54 heavy (non-hydrogen) atoms. The van der Waals surface area contributed by atoms with E-state index in [1.807, 2.05) is 86.3 Å². The second-order valence-electron chi connectivity index (χ2n) is 14.0. The lowest BCUT2D eigenvalue weighted by Crippen LogP contribution is -2.63. The van der Waals surface area contributed by atoms with Gasteiger partial charge in [0, 0.05) is 43.8 Å². The van der Waals surface area contributed by atoms with Gasteiger partial charge in [-0.25, -0.2) is 0 Å². The fourth-order valence-corrected chi connectivity index (χ4v) is 6.75. The molecular formula is C42H53N5O7. The summed E-state index contributed by atoms with van der Waals surface area (Å²) < 4.78 is 13.6. The van der Waals surface area contributed by atoms with Gasteiger partial charge in [-0.05, 0) is 66.6 Å². The first-order chi connectivity index (χ1) is 25.9. The third-order valence-corrected chi connectivity index (χ3v) is 10.0. The average molecular weight is 740 g/mol. The minimum atomic E-state index is -1.39. The molecule has 0 saturated carbocycles. The first-order valence-corrected chi connectivity index (χ1v) is 18.6. The van der Waals surface area contributed by atoms with Gasteiger partial charge in [-0.15, -0.1) is 0 Å². The van der Waals surface area contributed by atoms with E-state index < -0.39 is 42.7 Å². The molecule has 1 aliphatic rings. The quantitative estimate of drug-likeness (QED) is 0.102. The van der Waals surface area contributed by atoms with Gasteiger partial charge in [0.25, 0.3) is 0 Å². The molecular weight excluding hydrogens is 686 g/mol. The lowest BCUT2D eigenvalue weighted by atomic mass is 9.95. The summed E-state index contributed by atoms with van der Waals surface area (Å²) >= 11 is 0. The number of hydrogen-bond acceptors (Lipinski definition) is 8. The first-order valence-electron chi connectivity index (χ1n) is 18.6. The highest BCUT2D eigenvalue weighted by atomic mass is 16.7. The number of aliphatic hydroxyl groups is 2. The molecule has 0 aliphatic carbocycles. The topological polar surface area (TPSA) is 163 Å². The summed E-state index contributed by atoms with van der Waals surface area (Å²) in [6, 6.07) is 22.9. The van der Waals surface area contributed by atoms with E-state index in [0.29, 0.717) is 25.1 Å². The molecule has 288 valence electrons. The van der Waals surface area contributed by atoms with Crippen LogP contribution in [0.1, 0.15) is 50.8 Å². The van der Waals surface area contributed by atoms with Crippen molar-refractivity contribution in [3.8, 4) is 5.75 Å². The molecule has 1 aromatic heterocycles. The van der Waals surface area contributed by atoms with Crippen molar-refractivity contribution in [2.75, 3.05) is 6.54 Å². The lowest BCUT2D eigenvalue weighted by Gasteiger charge is -2.41. The van der Waals surface area contributed by atoms with E-state index in [2.05, 4.69) is 21.3 Å². The van der Waals surface area contributed by atoms with E-state index in [1.54, 1.807) is 43.5 Å². The van der Waals surface area contributed by atoms with Crippen LogP contribution >= 0.6 is 0 Å². The van der Waals surface area contributed by atoms with Crippen molar-refractivity contribution >= 4 is 34.7 Å². The zero-order chi connectivity index (χ0) is 38.8.